The van der Waals surface area contributed by atoms with Gasteiger partial charge in [0.15, 0.2) is 9.84 Å². The number of sulfonamides is 1. The van der Waals surface area contributed by atoms with Gasteiger partial charge >= 0.3 is 6.18 Å². The van der Waals surface area contributed by atoms with Crippen LogP contribution in [0.25, 0.3) is 0 Å². The van der Waals surface area contributed by atoms with Crippen LogP contribution in [0.4, 0.5) is 18.9 Å². The number of rotatable bonds is 8. The Hall–Kier alpha value is -3.38. The van der Waals surface area contributed by atoms with E-state index in [0.717, 1.165) is 18.4 Å². The number of carbonyl (C=O) groups is 1. The minimum absolute atomic E-state index is 0.0921. The molecule has 192 valence electrons. The molecule has 0 spiro atoms. The van der Waals surface area contributed by atoms with E-state index >= 15 is 0 Å². The summed E-state index contributed by atoms with van der Waals surface area (Å²) in [7, 11) is -7.81. The van der Waals surface area contributed by atoms with Crippen molar-refractivity contribution in [2.24, 2.45) is 0 Å². The first-order valence-electron chi connectivity index (χ1n) is 10.5. The molecule has 3 aromatic rings. The molecule has 0 aliphatic rings. The number of halogens is 3. The van der Waals surface area contributed by atoms with Gasteiger partial charge in [-0.15, -0.1) is 0 Å². The monoisotopic (exact) mass is 540 g/mol. The molecule has 0 aliphatic carbocycles. The van der Waals surface area contributed by atoms with Crippen molar-refractivity contribution in [1.29, 1.82) is 0 Å². The first-order valence-corrected chi connectivity index (χ1v) is 13.9. The van der Waals surface area contributed by atoms with Gasteiger partial charge in [-0.2, -0.15) is 13.2 Å². The van der Waals surface area contributed by atoms with Gasteiger partial charge < -0.3 is 5.32 Å². The van der Waals surface area contributed by atoms with Crippen LogP contribution < -0.4 is 9.62 Å². The third-order valence-corrected chi connectivity index (χ3v) is 8.18. The Morgan fingerprint density at radius 3 is 2.06 bits per heavy atom. The summed E-state index contributed by atoms with van der Waals surface area (Å²) in [5.41, 5.74) is -0.839. The van der Waals surface area contributed by atoms with E-state index in [1.807, 2.05) is 0 Å². The van der Waals surface area contributed by atoms with Crippen molar-refractivity contribution in [3.8, 4) is 0 Å². The molecule has 0 heterocycles. The van der Waals surface area contributed by atoms with Gasteiger partial charge in [0.2, 0.25) is 5.91 Å². The second-order valence-electron chi connectivity index (χ2n) is 8.00. The Morgan fingerprint density at radius 1 is 0.889 bits per heavy atom. The van der Waals surface area contributed by atoms with Crippen LogP contribution in [0.3, 0.4) is 0 Å². The zero-order valence-electron chi connectivity index (χ0n) is 19.2. The molecule has 1 N–H and O–H groups in total. The van der Waals surface area contributed by atoms with Crippen LogP contribution in [0, 0.1) is 0 Å². The number of hydrogen-bond acceptors (Lipinski definition) is 5. The van der Waals surface area contributed by atoms with Crippen molar-refractivity contribution in [3.05, 3.63) is 90.0 Å². The Kier molecular flexibility index (Phi) is 7.79. The highest BCUT2D eigenvalue weighted by Crippen LogP contribution is 2.33. The van der Waals surface area contributed by atoms with Crippen molar-refractivity contribution >= 4 is 31.5 Å². The molecule has 0 saturated carbocycles. The second-order valence-corrected chi connectivity index (χ2v) is 11.9. The molecular weight excluding hydrogens is 517 g/mol. The maximum atomic E-state index is 13.3. The van der Waals surface area contributed by atoms with Gasteiger partial charge in [0, 0.05) is 6.26 Å². The standard InChI is InChI=1S/C24H23F3N2O5S2/c1-17(18-11-13-21(14-12-18)35(2,31)32)28-23(30)16-29(36(33,34)22-9-4-3-5-10-22)20-8-6-7-19(15-20)24(25,26)27/h3-15,17H,16H2,1-2H3,(H,28,30)/t17-/m0/s1. The number of alkyl halides is 3. The van der Waals surface area contributed by atoms with Crippen LogP contribution in [0.1, 0.15) is 24.1 Å². The van der Waals surface area contributed by atoms with Gasteiger partial charge in [-0.3, -0.25) is 9.10 Å². The molecule has 3 rings (SSSR count). The molecule has 0 aliphatic heterocycles. The maximum Gasteiger partial charge on any atom is 0.416 e. The van der Waals surface area contributed by atoms with E-state index in [2.05, 4.69) is 5.32 Å². The average molecular weight is 541 g/mol. The Morgan fingerprint density at radius 2 is 1.50 bits per heavy atom. The van der Waals surface area contributed by atoms with Crippen molar-refractivity contribution in [1.82, 2.24) is 5.32 Å². The van der Waals surface area contributed by atoms with Crippen LogP contribution in [0.5, 0.6) is 0 Å². The van der Waals surface area contributed by atoms with E-state index in [4.69, 9.17) is 0 Å². The zero-order chi connectivity index (χ0) is 26.7. The smallest absolute Gasteiger partial charge is 0.348 e. The highest BCUT2D eigenvalue weighted by molar-refractivity contribution is 7.93. The van der Waals surface area contributed by atoms with Gasteiger partial charge in [0.05, 0.1) is 27.1 Å². The maximum absolute atomic E-state index is 13.3. The summed E-state index contributed by atoms with van der Waals surface area (Å²) in [6.45, 7) is 0.817. The number of hydrogen-bond donors (Lipinski definition) is 1. The summed E-state index contributed by atoms with van der Waals surface area (Å²) in [5.74, 6) is -0.772. The number of anilines is 1. The van der Waals surface area contributed by atoms with Gasteiger partial charge in [-0.05, 0) is 55.0 Å². The number of sulfone groups is 1. The molecular formula is C24H23F3N2O5S2. The fourth-order valence-electron chi connectivity index (χ4n) is 3.38. The molecule has 0 radical (unpaired) electrons. The highest BCUT2D eigenvalue weighted by atomic mass is 32.2. The lowest BCUT2D eigenvalue weighted by molar-refractivity contribution is -0.137. The molecule has 0 fully saturated rings. The number of amides is 1. The van der Waals surface area contributed by atoms with Gasteiger partial charge in [-0.1, -0.05) is 36.4 Å². The SMILES string of the molecule is C[C@H](NC(=O)CN(c1cccc(C(F)(F)F)c1)S(=O)(=O)c1ccccc1)c1ccc(S(C)(=O)=O)cc1. The quantitative estimate of drug-likeness (QED) is 0.462. The van der Waals surface area contributed by atoms with E-state index in [1.54, 1.807) is 13.0 Å². The predicted octanol–water partition coefficient (Wildman–Crippen LogP) is 4.18. The third kappa shape index (κ3) is 6.43. The molecule has 12 heteroatoms. The lowest BCUT2D eigenvalue weighted by atomic mass is 10.1. The van der Waals surface area contributed by atoms with Crippen molar-refractivity contribution in [3.63, 3.8) is 0 Å². The summed E-state index contributed by atoms with van der Waals surface area (Å²) in [4.78, 5) is 12.8. The summed E-state index contributed by atoms with van der Waals surface area (Å²) in [6, 6.07) is 15.9. The molecule has 3 aromatic carbocycles. The molecule has 0 unspecified atom stereocenters. The fraction of sp³-hybridized carbons (Fsp3) is 0.208. The molecule has 1 atom stereocenters. The van der Waals surface area contributed by atoms with Crippen molar-refractivity contribution < 1.29 is 34.8 Å². The highest BCUT2D eigenvalue weighted by Gasteiger charge is 2.33. The van der Waals surface area contributed by atoms with Gasteiger partial charge in [-0.25, -0.2) is 16.8 Å². The number of carbonyl (C=O) groups excluding carboxylic acids is 1. The first kappa shape index (κ1) is 27.2. The minimum Gasteiger partial charge on any atom is -0.348 e. The Labute approximate surface area is 207 Å². The Balaban J connectivity index is 1.91. The lowest BCUT2D eigenvalue weighted by Gasteiger charge is -2.26. The van der Waals surface area contributed by atoms with Crippen LogP contribution in [0.15, 0.2) is 88.7 Å². The lowest BCUT2D eigenvalue weighted by Crippen LogP contribution is -2.41. The number of nitrogens with zero attached hydrogens (tertiary/aromatic N) is 1. The van der Waals surface area contributed by atoms with E-state index in [0.29, 0.717) is 15.9 Å². The summed E-state index contributed by atoms with van der Waals surface area (Å²) < 4.78 is 90.4. The van der Waals surface area contributed by atoms with E-state index in [9.17, 15) is 34.8 Å². The number of nitrogens with one attached hydrogen (secondary N) is 1. The molecule has 1 amide bonds. The summed E-state index contributed by atoms with van der Waals surface area (Å²) in [5, 5.41) is 2.61. The van der Waals surface area contributed by atoms with Crippen LogP contribution in [0.2, 0.25) is 0 Å². The minimum atomic E-state index is -4.72. The third-order valence-electron chi connectivity index (χ3n) is 5.27. The fourth-order valence-corrected chi connectivity index (χ4v) is 5.44. The zero-order valence-corrected chi connectivity index (χ0v) is 20.9. The normalized spacial score (nSPS) is 13.1. The van der Waals surface area contributed by atoms with Crippen LogP contribution in [-0.2, 0) is 30.8 Å². The van der Waals surface area contributed by atoms with Crippen molar-refractivity contribution in [2.45, 2.75) is 28.9 Å². The molecule has 0 bridgehead atoms. The molecule has 36 heavy (non-hydrogen) atoms. The second kappa shape index (κ2) is 10.3. The van der Waals surface area contributed by atoms with Gasteiger partial charge in [0.1, 0.15) is 6.54 Å². The van der Waals surface area contributed by atoms with Crippen molar-refractivity contribution in [2.75, 3.05) is 17.1 Å². The Bertz CT molecular complexity index is 1440. The summed E-state index contributed by atoms with van der Waals surface area (Å²) >= 11 is 0. The van der Waals surface area contributed by atoms with E-state index in [1.165, 1.54) is 54.6 Å². The summed E-state index contributed by atoms with van der Waals surface area (Å²) in [6.07, 6.45) is -3.66. The molecule has 0 aromatic heterocycles. The van der Waals surface area contributed by atoms with E-state index < -0.39 is 50.1 Å². The van der Waals surface area contributed by atoms with Crippen LogP contribution >= 0.6 is 0 Å². The topological polar surface area (TPSA) is 101 Å². The van der Waals surface area contributed by atoms with Crippen LogP contribution in [-0.4, -0.2) is 35.5 Å². The van der Waals surface area contributed by atoms with Gasteiger partial charge in [0.25, 0.3) is 10.0 Å². The largest absolute Gasteiger partial charge is 0.416 e. The predicted molar refractivity (Wildman–Crippen MR) is 129 cm³/mol. The average Bonchev–Trinajstić information content (AvgIpc) is 2.82. The number of benzene rings is 3. The molecule has 7 nitrogen and oxygen atoms in total. The van der Waals surface area contributed by atoms with E-state index in [-0.39, 0.29) is 15.5 Å². The molecule has 0 saturated heterocycles. The first-order chi connectivity index (χ1) is 16.7.